The first-order valence-corrected chi connectivity index (χ1v) is 28.0. The second-order valence-electron chi connectivity index (χ2n) is 21.2. The lowest BCUT2D eigenvalue weighted by molar-refractivity contribution is -0.130. The topological polar surface area (TPSA) is 175 Å². The van der Waals surface area contributed by atoms with Crippen molar-refractivity contribution in [3.8, 4) is 11.4 Å². The van der Waals surface area contributed by atoms with Crippen molar-refractivity contribution in [3.05, 3.63) is 156 Å². The number of nitrogens with one attached hydrogen (secondary N) is 2. The van der Waals surface area contributed by atoms with Crippen LogP contribution in [0.4, 0.5) is 23.3 Å². The molecule has 4 aliphatic heterocycles. The Labute approximate surface area is 465 Å². The predicted octanol–water partition coefficient (Wildman–Crippen LogP) is 6.87. The zero-order chi connectivity index (χ0) is 54.5. The van der Waals surface area contributed by atoms with Gasteiger partial charge in [-0.1, -0.05) is 24.3 Å². The Morgan fingerprint density at radius 2 is 0.850 bits per heavy atom. The number of fused-ring (bicyclic) bond motifs is 2. The highest BCUT2D eigenvalue weighted by Crippen LogP contribution is 2.26. The third kappa shape index (κ3) is 11.8. The fourth-order valence-electron chi connectivity index (χ4n) is 11.3. The maximum atomic E-state index is 14.0. The fourth-order valence-corrected chi connectivity index (χ4v) is 11.3. The number of hydrogen-bond acceptors (Lipinski definition) is 15. The van der Waals surface area contributed by atoms with Crippen LogP contribution in [0.3, 0.4) is 0 Å². The van der Waals surface area contributed by atoms with E-state index in [1.807, 2.05) is 104 Å². The van der Waals surface area contributed by atoms with Crippen LogP contribution in [0.5, 0.6) is 0 Å². The quantitative estimate of drug-likeness (QED) is 0.103. The molecule has 4 aromatic carbocycles. The summed E-state index contributed by atoms with van der Waals surface area (Å²) in [6.45, 7) is 17.6. The van der Waals surface area contributed by atoms with E-state index in [-0.39, 0.29) is 23.9 Å². The van der Waals surface area contributed by atoms with Gasteiger partial charge in [0.15, 0.2) is 5.78 Å². The Hall–Kier alpha value is -7.91. The molecule has 19 nitrogen and oxygen atoms in total. The van der Waals surface area contributed by atoms with Crippen molar-refractivity contribution in [2.45, 2.75) is 39.0 Å². The highest BCUT2D eigenvalue weighted by atomic mass is 16.5. The Balaban J connectivity index is 0.569. The standard InChI is InChI=1S/C61H68N14O5/c1-43(70-27-23-68(24-28-70)41-45-3-11-51(12-4-45)64-60-62-39-49-19-21-74(56(49)66-60)53-15-7-47(8-16-53)58(77)72-31-35-79-36-32-72)55(76)44(2)71-29-25-69(26-30-71)42-46-5-13-52(14-6-46)65-61-63-40-50-20-22-75(57(50)67-61)54-17-9-48(10-18-54)59(78)73-33-37-80-38-34-73/h3-22,39-40,43-44H,23-38,41-42H2,1-2H3,(H,62,64,66)(H,63,65,67). The minimum Gasteiger partial charge on any atom is -0.378 e. The molecule has 0 bridgehead atoms. The Morgan fingerprint density at radius 1 is 0.475 bits per heavy atom. The lowest BCUT2D eigenvalue weighted by atomic mass is 10.0. The molecule has 4 aliphatic rings. The van der Waals surface area contributed by atoms with E-state index in [9.17, 15) is 14.4 Å². The summed E-state index contributed by atoms with van der Waals surface area (Å²) in [7, 11) is 0. The molecule has 0 saturated carbocycles. The Morgan fingerprint density at radius 3 is 1.23 bits per heavy atom. The number of rotatable bonds is 16. The van der Waals surface area contributed by atoms with E-state index in [2.05, 4.69) is 103 Å². The molecule has 4 aromatic heterocycles. The van der Waals surface area contributed by atoms with Crippen LogP contribution in [0.2, 0.25) is 0 Å². The summed E-state index contributed by atoms with van der Waals surface area (Å²) >= 11 is 0. The van der Waals surface area contributed by atoms with E-state index < -0.39 is 0 Å². The molecule has 2 N–H and O–H groups in total. The second kappa shape index (κ2) is 23.8. The van der Waals surface area contributed by atoms with Crippen LogP contribution in [0.15, 0.2) is 134 Å². The number of Topliss-reactive ketones (excluding diaryl/α,β-unsaturated/α-hetero) is 1. The summed E-state index contributed by atoms with van der Waals surface area (Å²) in [6.07, 6.45) is 7.60. The number of nitrogens with zero attached hydrogens (tertiary/aromatic N) is 12. The summed E-state index contributed by atoms with van der Waals surface area (Å²) in [6, 6.07) is 35.9. The molecule has 8 heterocycles. The zero-order valence-electron chi connectivity index (χ0n) is 45.5. The summed E-state index contributed by atoms with van der Waals surface area (Å²) in [4.78, 5) is 72.2. The maximum Gasteiger partial charge on any atom is 0.254 e. The Bertz CT molecular complexity index is 3200. The van der Waals surface area contributed by atoms with Crippen molar-refractivity contribution in [3.63, 3.8) is 0 Å². The van der Waals surface area contributed by atoms with E-state index in [1.54, 1.807) is 0 Å². The molecule has 2 unspecified atom stereocenters. The van der Waals surface area contributed by atoms with E-state index in [0.717, 1.165) is 110 Å². The molecular weight excluding hydrogens is 1010 g/mol. The summed E-state index contributed by atoms with van der Waals surface area (Å²) in [5.41, 5.74) is 8.95. The van der Waals surface area contributed by atoms with Gasteiger partial charge in [0.1, 0.15) is 11.3 Å². The van der Waals surface area contributed by atoms with Crippen molar-refractivity contribution in [2.75, 3.05) is 116 Å². The average molecular weight is 1080 g/mol. The molecule has 0 aliphatic carbocycles. The molecule has 0 radical (unpaired) electrons. The summed E-state index contributed by atoms with van der Waals surface area (Å²) < 4.78 is 14.8. The van der Waals surface area contributed by atoms with Gasteiger partial charge in [-0.2, -0.15) is 9.97 Å². The van der Waals surface area contributed by atoms with E-state index in [1.165, 1.54) is 11.1 Å². The van der Waals surface area contributed by atoms with Gasteiger partial charge >= 0.3 is 0 Å². The van der Waals surface area contributed by atoms with E-state index in [4.69, 9.17) is 19.4 Å². The number of morpholine rings is 2. The van der Waals surface area contributed by atoms with Gasteiger partial charge in [0.25, 0.3) is 11.8 Å². The number of amides is 2. The first-order valence-electron chi connectivity index (χ1n) is 28.0. The number of aromatic nitrogens is 6. The van der Waals surface area contributed by atoms with Gasteiger partial charge in [0.2, 0.25) is 11.9 Å². The SMILES string of the molecule is CC(C(=O)C(C)N1CCN(Cc2ccc(Nc3ncc4ccn(-c5ccc(C(=O)N6CCOCC6)cc5)c4n3)cc2)CC1)N1CCN(Cc2ccc(Nc3ncc4ccn(-c5ccc(C(=O)N6CCOCC6)cc5)c4n3)cc2)CC1. The van der Waals surface area contributed by atoms with Crippen molar-refractivity contribution in [1.82, 2.24) is 58.5 Å². The van der Waals surface area contributed by atoms with Crippen LogP contribution < -0.4 is 10.6 Å². The maximum absolute atomic E-state index is 14.0. The molecule has 12 rings (SSSR count). The lowest BCUT2D eigenvalue weighted by Crippen LogP contribution is -2.57. The fraction of sp³-hybridized carbons (Fsp3) is 0.361. The van der Waals surface area contributed by atoms with Crippen LogP contribution in [-0.4, -0.2) is 193 Å². The van der Waals surface area contributed by atoms with Gasteiger partial charge in [-0.3, -0.25) is 34.0 Å². The van der Waals surface area contributed by atoms with Gasteiger partial charge in [-0.15, -0.1) is 0 Å². The number of anilines is 4. The molecule has 2 amide bonds. The van der Waals surface area contributed by atoms with Gasteiger partial charge < -0.3 is 39.0 Å². The minimum absolute atomic E-state index is 0.0220. The smallest absolute Gasteiger partial charge is 0.254 e. The van der Waals surface area contributed by atoms with Crippen molar-refractivity contribution in [1.29, 1.82) is 0 Å². The number of hydrogen-bond donors (Lipinski definition) is 2. The van der Waals surface area contributed by atoms with Crippen molar-refractivity contribution in [2.24, 2.45) is 0 Å². The zero-order valence-corrected chi connectivity index (χ0v) is 45.5. The molecular formula is C61H68N14O5. The van der Waals surface area contributed by atoms with Gasteiger partial charge in [-0.05, 0) is 110 Å². The number of ether oxygens (including phenoxy) is 2. The highest BCUT2D eigenvalue weighted by molar-refractivity contribution is 5.95. The number of ketones is 1. The summed E-state index contributed by atoms with van der Waals surface area (Å²) in [5, 5.41) is 8.61. The van der Waals surface area contributed by atoms with Crippen molar-refractivity contribution >= 4 is 62.9 Å². The van der Waals surface area contributed by atoms with Crippen molar-refractivity contribution < 1.29 is 23.9 Å². The van der Waals surface area contributed by atoms with Crippen LogP contribution in [-0.2, 0) is 27.4 Å². The Kier molecular flexibility index (Phi) is 15.7. The molecule has 8 aromatic rings. The molecule has 2 atom stereocenters. The molecule has 19 heteroatoms. The van der Waals surface area contributed by atoms with Gasteiger partial charge in [-0.25, -0.2) is 9.97 Å². The van der Waals surface area contributed by atoms with Gasteiger partial charge in [0.05, 0.1) is 38.5 Å². The molecule has 0 spiro atoms. The number of carbonyl (C=O) groups is 3. The predicted molar refractivity (Wildman–Crippen MR) is 308 cm³/mol. The largest absolute Gasteiger partial charge is 0.378 e. The minimum atomic E-state index is -0.141. The second-order valence-corrected chi connectivity index (χ2v) is 21.2. The lowest BCUT2D eigenvalue weighted by Gasteiger charge is -2.41. The third-order valence-electron chi connectivity index (χ3n) is 16.2. The van der Waals surface area contributed by atoms with Crippen LogP contribution in [0.1, 0.15) is 45.7 Å². The molecule has 4 fully saturated rings. The monoisotopic (exact) mass is 1080 g/mol. The van der Waals surface area contributed by atoms with Crippen LogP contribution >= 0.6 is 0 Å². The molecule has 4 saturated heterocycles. The summed E-state index contributed by atoms with van der Waals surface area (Å²) in [5.74, 6) is 1.35. The third-order valence-corrected chi connectivity index (χ3v) is 16.2. The first-order chi connectivity index (χ1) is 39.1. The average Bonchev–Trinajstić information content (AvgIpc) is 4.17. The number of piperazine rings is 2. The highest BCUT2D eigenvalue weighted by Gasteiger charge is 2.33. The number of benzene rings is 4. The normalized spacial score (nSPS) is 17.9. The first kappa shape index (κ1) is 52.8. The van der Waals surface area contributed by atoms with Crippen LogP contribution in [0, 0.1) is 0 Å². The molecule has 412 valence electrons. The molecule has 80 heavy (non-hydrogen) atoms. The van der Waals surface area contributed by atoms with E-state index in [0.29, 0.717) is 81.4 Å². The van der Waals surface area contributed by atoms with Crippen LogP contribution in [0.25, 0.3) is 33.4 Å². The number of carbonyl (C=O) groups excluding carboxylic acids is 3. The van der Waals surface area contributed by atoms with Gasteiger partial charge in [0, 0.05) is 161 Å². The van der Waals surface area contributed by atoms with E-state index >= 15 is 0 Å².